The summed E-state index contributed by atoms with van der Waals surface area (Å²) in [7, 11) is -4.40. The van der Waals surface area contributed by atoms with Crippen LogP contribution in [0.3, 0.4) is 0 Å². The highest BCUT2D eigenvalue weighted by Gasteiger charge is 2.24. The first-order chi connectivity index (χ1) is 12.8. The van der Waals surface area contributed by atoms with Gasteiger partial charge in [-0.2, -0.15) is 0 Å². The molecule has 2 aromatic carbocycles. The average molecular weight is 392 g/mol. The maximum atomic E-state index is 12.3. The molecule has 0 fully saturated rings. The first kappa shape index (κ1) is 20.6. The molecule has 0 aliphatic carbocycles. The van der Waals surface area contributed by atoms with E-state index in [-0.39, 0.29) is 13.0 Å². The molecule has 0 aromatic heterocycles. The lowest BCUT2D eigenvalue weighted by Crippen LogP contribution is -2.48. The molecule has 0 saturated carbocycles. The fourth-order valence-electron chi connectivity index (χ4n) is 2.27. The minimum atomic E-state index is -4.40. The van der Waals surface area contributed by atoms with Crippen molar-refractivity contribution in [3.63, 3.8) is 0 Å². The lowest BCUT2D eigenvalue weighted by molar-refractivity contribution is -0.122. The van der Waals surface area contributed by atoms with Gasteiger partial charge in [-0.15, -0.1) is 0 Å². The van der Waals surface area contributed by atoms with Crippen LogP contribution in [0, 0.1) is 0 Å². The van der Waals surface area contributed by atoms with E-state index >= 15 is 0 Å². The smallest absolute Gasteiger partial charge is 0.408 e. The van der Waals surface area contributed by atoms with Crippen LogP contribution in [0.1, 0.15) is 11.1 Å². The Morgan fingerprint density at radius 1 is 0.963 bits per heavy atom. The fourth-order valence-corrected chi connectivity index (χ4v) is 2.63. The third kappa shape index (κ3) is 8.04. The number of hydrogen-bond donors (Lipinski definition) is 4. The summed E-state index contributed by atoms with van der Waals surface area (Å²) in [5.41, 5.74) is 1.57. The van der Waals surface area contributed by atoms with Gasteiger partial charge in [-0.05, 0) is 11.1 Å². The van der Waals surface area contributed by atoms with E-state index in [0.717, 1.165) is 11.1 Å². The number of rotatable bonds is 8. The highest BCUT2D eigenvalue weighted by molar-refractivity contribution is 7.51. The Morgan fingerprint density at radius 2 is 1.52 bits per heavy atom. The lowest BCUT2D eigenvalue weighted by atomic mass is 10.1. The molecular weight excluding hydrogens is 371 g/mol. The van der Waals surface area contributed by atoms with Gasteiger partial charge in [0.2, 0.25) is 5.91 Å². The molecule has 0 unspecified atom stereocenters. The first-order valence-electron chi connectivity index (χ1n) is 8.17. The van der Waals surface area contributed by atoms with Gasteiger partial charge < -0.3 is 25.2 Å². The second kappa shape index (κ2) is 9.87. The Labute approximate surface area is 156 Å². The topological polar surface area (TPSA) is 125 Å². The highest BCUT2D eigenvalue weighted by atomic mass is 31.2. The highest BCUT2D eigenvalue weighted by Crippen LogP contribution is 2.31. The summed E-state index contributed by atoms with van der Waals surface area (Å²) in [5.74, 6) is -0.709. The van der Waals surface area contributed by atoms with Crippen LogP contribution in [-0.4, -0.2) is 34.1 Å². The van der Waals surface area contributed by atoms with Gasteiger partial charge in [0.15, 0.2) is 0 Å². The number of carbonyl (C=O) groups excluding carboxylic acids is 2. The van der Waals surface area contributed by atoms with E-state index < -0.39 is 31.9 Å². The van der Waals surface area contributed by atoms with Gasteiger partial charge in [-0.1, -0.05) is 60.7 Å². The summed E-state index contributed by atoms with van der Waals surface area (Å²) in [4.78, 5) is 42.2. The van der Waals surface area contributed by atoms with Crippen LogP contribution in [0.15, 0.2) is 60.7 Å². The number of alkyl carbamates (subject to hydrolysis) is 1. The Morgan fingerprint density at radius 3 is 2.07 bits per heavy atom. The predicted octanol–water partition coefficient (Wildman–Crippen LogP) is 1.78. The fraction of sp³-hybridized carbons (Fsp3) is 0.222. The van der Waals surface area contributed by atoms with Crippen LogP contribution < -0.4 is 10.6 Å². The molecule has 0 aliphatic rings. The Kier molecular flexibility index (Phi) is 7.55. The van der Waals surface area contributed by atoms with Crippen molar-refractivity contribution in [3.8, 4) is 0 Å². The molecule has 0 bridgehead atoms. The summed E-state index contributed by atoms with van der Waals surface area (Å²) in [5, 5.41) is 4.60. The minimum Gasteiger partial charge on any atom is -0.445 e. The summed E-state index contributed by atoms with van der Waals surface area (Å²) in [6, 6.07) is 16.9. The van der Waals surface area contributed by atoms with E-state index in [4.69, 9.17) is 14.5 Å². The molecule has 4 N–H and O–H groups in total. The number of amides is 2. The standard InChI is InChI=1S/C18H21N2O6P/c21-17(19-13-27(23,24)25)16(11-14-7-3-1-4-8-14)20-18(22)26-12-15-9-5-2-6-10-15/h1-10,16H,11-13H2,(H,19,21)(H,20,22)(H2,23,24,25)/t16-/m0/s1. The predicted molar refractivity (Wildman–Crippen MR) is 98.8 cm³/mol. The summed E-state index contributed by atoms with van der Waals surface area (Å²) < 4.78 is 16.1. The third-order valence-electron chi connectivity index (χ3n) is 3.56. The quantitative estimate of drug-likeness (QED) is 0.508. The van der Waals surface area contributed by atoms with Crippen LogP contribution in [0.4, 0.5) is 4.79 Å². The Balaban J connectivity index is 1.98. The molecule has 0 aliphatic heterocycles. The van der Waals surface area contributed by atoms with E-state index in [1.54, 1.807) is 36.4 Å². The van der Waals surface area contributed by atoms with Gasteiger partial charge in [0.1, 0.15) is 18.9 Å². The molecule has 2 aromatic rings. The maximum Gasteiger partial charge on any atom is 0.408 e. The number of carbonyl (C=O) groups is 2. The SMILES string of the molecule is O=C(N[C@@H](Cc1ccccc1)C(=O)NCP(=O)(O)O)OCc1ccccc1. The second-order valence-corrected chi connectivity index (χ2v) is 7.46. The van der Waals surface area contributed by atoms with Crippen molar-refractivity contribution in [2.75, 3.05) is 6.29 Å². The molecule has 0 radical (unpaired) electrons. The largest absolute Gasteiger partial charge is 0.445 e. The van der Waals surface area contributed by atoms with Gasteiger partial charge in [-0.25, -0.2) is 4.79 Å². The molecule has 2 amide bonds. The van der Waals surface area contributed by atoms with E-state index in [0.29, 0.717) is 0 Å². The van der Waals surface area contributed by atoms with E-state index in [1.165, 1.54) is 0 Å². The molecule has 0 spiro atoms. The maximum absolute atomic E-state index is 12.3. The zero-order chi connectivity index (χ0) is 19.7. The third-order valence-corrected chi connectivity index (χ3v) is 4.13. The molecule has 8 nitrogen and oxygen atoms in total. The first-order valence-corrected chi connectivity index (χ1v) is 9.97. The molecule has 2 rings (SSSR count). The summed E-state index contributed by atoms with van der Waals surface area (Å²) in [6.45, 7) is 0.0365. The van der Waals surface area contributed by atoms with Gasteiger partial charge in [0, 0.05) is 6.42 Å². The molecule has 0 heterocycles. The van der Waals surface area contributed by atoms with Crippen molar-refractivity contribution >= 4 is 19.6 Å². The molecule has 27 heavy (non-hydrogen) atoms. The van der Waals surface area contributed by atoms with Gasteiger partial charge in [0.25, 0.3) is 0 Å². The number of benzene rings is 2. The molecule has 144 valence electrons. The monoisotopic (exact) mass is 392 g/mol. The molecule has 1 atom stereocenters. The van der Waals surface area contributed by atoms with Crippen LogP contribution in [-0.2, 0) is 27.1 Å². The van der Waals surface area contributed by atoms with Crippen LogP contribution >= 0.6 is 7.60 Å². The number of ether oxygens (including phenoxy) is 1. The molecular formula is C18H21N2O6P. The average Bonchev–Trinajstić information content (AvgIpc) is 2.65. The van der Waals surface area contributed by atoms with E-state index in [9.17, 15) is 14.2 Å². The van der Waals surface area contributed by atoms with Crippen molar-refractivity contribution in [3.05, 3.63) is 71.8 Å². The van der Waals surface area contributed by atoms with Gasteiger partial charge in [-0.3, -0.25) is 9.36 Å². The molecule has 0 saturated heterocycles. The van der Waals surface area contributed by atoms with Crippen molar-refractivity contribution in [2.45, 2.75) is 19.1 Å². The number of hydrogen-bond acceptors (Lipinski definition) is 4. The van der Waals surface area contributed by atoms with Crippen LogP contribution in [0.5, 0.6) is 0 Å². The van der Waals surface area contributed by atoms with Crippen molar-refractivity contribution in [2.24, 2.45) is 0 Å². The van der Waals surface area contributed by atoms with Crippen molar-refractivity contribution < 1.29 is 28.7 Å². The van der Waals surface area contributed by atoms with E-state index in [1.807, 2.05) is 24.3 Å². The lowest BCUT2D eigenvalue weighted by Gasteiger charge is -2.19. The van der Waals surface area contributed by atoms with Crippen LogP contribution in [0.25, 0.3) is 0 Å². The van der Waals surface area contributed by atoms with Crippen molar-refractivity contribution in [1.82, 2.24) is 10.6 Å². The van der Waals surface area contributed by atoms with Crippen LogP contribution in [0.2, 0.25) is 0 Å². The number of nitrogens with one attached hydrogen (secondary N) is 2. The minimum absolute atomic E-state index is 0.0365. The Hall–Kier alpha value is -2.67. The Bertz CT molecular complexity index is 794. The summed E-state index contributed by atoms with van der Waals surface area (Å²) >= 11 is 0. The van der Waals surface area contributed by atoms with Crippen molar-refractivity contribution in [1.29, 1.82) is 0 Å². The van der Waals surface area contributed by atoms with E-state index in [2.05, 4.69) is 10.6 Å². The molecule has 9 heteroatoms. The second-order valence-electron chi connectivity index (χ2n) is 5.81. The zero-order valence-electron chi connectivity index (χ0n) is 14.4. The van der Waals surface area contributed by atoms with Gasteiger partial charge in [0.05, 0.1) is 0 Å². The zero-order valence-corrected chi connectivity index (χ0v) is 15.3. The normalized spacial score (nSPS) is 12.1. The summed E-state index contributed by atoms with van der Waals surface area (Å²) in [6.07, 6.45) is -1.46. The van der Waals surface area contributed by atoms with Gasteiger partial charge >= 0.3 is 13.7 Å².